The van der Waals surface area contributed by atoms with Gasteiger partial charge in [-0.05, 0) is 25.0 Å². The predicted molar refractivity (Wildman–Crippen MR) is 68.6 cm³/mol. The monoisotopic (exact) mass is 288 g/mol. The molecule has 1 N–H and O–H groups in total. The van der Waals surface area contributed by atoms with Crippen LogP contribution in [0.15, 0.2) is 18.2 Å². The fourth-order valence-corrected chi connectivity index (χ4v) is 2.49. The van der Waals surface area contributed by atoms with Gasteiger partial charge in [0.25, 0.3) is 5.69 Å². The summed E-state index contributed by atoms with van der Waals surface area (Å²) in [6.45, 7) is 0. The molecule has 110 valence electrons. The van der Waals surface area contributed by atoms with Gasteiger partial charge in [0.2, 0.25) is 0 Å². The van der Waals surface area contributed by atoms with Gasteiger partial charge in [-0.2, -0.15) is 13.2 Å². The zero-order valence-electron chi connectivity index (χ0n) is 10.7. The Balaban J connectivity index is 2.25. The molecule has 0 aliphatic heterocycles. The Labute approximate surface area is 114 Å². The molecule has 20 heavy (non-hydrogen) atoms. The lowest BCUT2D eigenvalue weighted by atomic mass is 9.95. The van der Waals surface area contributed by atoms with E-state index in [-0.39, 0.29) is 11.7 Å². The molecule has 0 bridgehead atoms. The highest BCUT2D eigenvalue weighted by molar-refractivity contribution is 5.55. The van der Waals surface area contributed by atoms with Crippen LogP contribution in [0.25, 0.3) is 0 Å². The second kappa shape index (κ2) is 5.68. The molecule has 2 rings (SSSR count). The fourth-order valence-electron chi connectivity index (χ4n) is 2.49. The molecule has 1 aromatic rings. The highest BCUT2D eigenvalue weighted by Crippen LogP contribution is 2.38. The molecule has 1 aliphatic carbocycles. The van der Waals surface area contributed by atoms with Crippen molar-refractivity contribution >= 4 is 11.4 Å². The van der Waals surface area contributed by atoms with E-state index >= 15 is 0 Å². The van der Waals surface area contributed by atoms with Gasteiger partial charge in [-0.15, -0.1) is 0 Å². The van der Waals surface area contributed by atoms with Crippen molar-refractivity contribution in [2.45, 2.75) is 44.3 Å². The first kappa shape index (κ1) is 14.6. The molecule has 0 amide bonds. The second-order valence-electron chi connectivity index (χ2n) is 4.97. The maximum atomic E-state index is 12.8. The smallest absolute Gasteiger partial charge is 0.382 e. The Morgan fingerprint density at radius 3 is 2.40 bits per heavy atom. The maximum Gasteiger partial charge on any atom is 0.423 e. The Hall–Kier alpha value is -1.79. The number of rotatable bonds is 3. The second-order valence-corrected chi connectivity index (χ2v) is 4.97. The largest absolute Gasteiger partial charge is 0.423 e. The van der Waals surface area contributed by atoms with Crippen LogP contribution in [0.2, 0.25) is 0 Å². The highest BCUT2D eigenvalue weighted by atomic mass is 19.4. The zero-order chi connectivity index (χ0) is 14.8. The lowest BCUT2D eigenvalue weighted by Crippen LogP contribution is -2.22. The van der Waals surface area contributed by atoms with Crippen LogP contribution in [-0.2, 0) is 6.18 Å². The summed E-state index contributed by atoms with van der Waals surface area (Å²) < 4.78 is 38.5. The summed E-state index contributed by atoms with van der Waals surface area (Å²) in [5.74, 6) is 0. The number of nitrogens with zero attached hydrogens (tertiary/aromatic N) is 1. The normalized spacial score (nSPS) is 16.9. The minimum Gasteiger partial charge on any atom is -0.382 e. The summed E-state index contributed by atoms with van der Waals surface area (Å²) in [5, 5.41) is 13.7. The van der Waals surface area contributed by atoms with Gasteiger partial charge in [-0.1, -0.05) is 19.3 Å². The van der Waals surface area contributed by atoms with Gasteiger partial charge < -0.3 is 5.32 Å². The summed E-state index contributed by atoms with van der Waals surface area (Å²) in [6, 6.07) is 3.22. The highest BCUT2D eigenvalue weighted by Gasteiger charge is 2.38. The average Bonchev–Trinajstić information content (AvgIpc) is 2.38. The van der Waals surface area contributed by atoms with E-state index in [2.05, 4.69) is 5.32 Å². The van der Waals surface area contributed by atoms with Crippen molar-refractivity contribution < 1.29 is 18.1 Å². The van der Waals surface area contributed by atoms with Crippen LogP contribution in [0.5, 0.6) is 0 Å². The van der Waals surface area contributed by atoms with Gasteiger partial charge >= 0.3 is 6.18 Å². The van der Waals surface area contributed by atoms with Crippen LogP contribution < -0.4 is 5.32 Å². The van der Waals surface area contributed by atoms with Gasteiger partial charge in [0.1, 0.15) is 5.56 Å². The fraction of sp³-hybridized carbons (Fsp3) is 0.538. The summed E-state index contributed by atoms with van der Waals surface area (Å²) in [4.78, 5) is 9.65. The number of nitro groups is 1. The number of alkyl halides is 3. The van der Waals surface area contributed by atoms with Crippen LogP contribution in [0.4, 0.5) is 24.5 Å². The topological polar surface area (TPSA) is 55.2 Å². The molecular formula is C13H15F3N2O2. The number of benzene rings is 1. The number of nitrogens with one attached hydrogen (secondary N) is 1. The van der Waals surface area contributed by atoms with E-state index < -0.39 is 22.4 Å². The van der Waals surface area contributed by atoms with Crippen LogP contribution in [0.3, 0.4) is 0 Å². The van der Waals surface area contributed by atoms with E-state index in [0.29, 0.717) is 0 Å². The van der Waals surface area contributed by atoms with E-state index in [4.69, 9.17) is 0 Å². The first-order valence-electron chi connectivity index (χ1n) is 6.50. The molecule has 0 heterocycles. The number of nitro benzene ring substituents is 1. The number of hydrogen-bond donors (Lipinski definition) is 1. The van der Waals surface area contributed by atoms with Crippen molar-refractivity contribution in [3.05, 3.63) is 33.9 Å². The molecule has 4 nitrogen and oxygen atoms in total. The number of hydrogen-bond acceptors (Lipinski definition) is 3. The number of halogens is 3. The van der Waals surface area contributed by atoms with Crippen LogP contribution in [0, 0.1) is 10.1 Å². The minimum atomic E-state index is -4.73. The van der Waals surface area contributed by atoms with Gasteiger partial charge in [0, 0.05) is 17.8 Å². The summed E-state index contributed by atoms with van der Waals surface area (Å²) >= 11 is 0. The summed E-state index contributed by atoms with van der Waals surface area (Å²) in [6.07, 6.45) is 0.350. The Morgan fingerprint density at radius 2 is 1.85 bits per heavy atom. The van der Waals surface area contributed by atoms with Gasteiger partial charge in [-0.25, -0.2) is 0 Å². The molecular weight excluding hydrogens is 273 g/mol. The first-order valence-corrected chi connectivity index (χ1v) is 6.50. The summed E-state index contributed by atoms with van der Waals surface area (Å²) in [5.41, 5.74) is -1.83. The SMILES string of the molecule is O=[N+]([O-])c1ccc(NC2CCCCC2)cc1C(F)(F)F. The zero-order valence-corrected chi connectivity index (χ0v) is 10.7. The van der Waals surface area contributed by atoms with E-state index in [1.54, 1.807) is 0 Å². The Morgan fingerprint density at radius 1 is 1.20 bits per heavy atom. The number of anilines is 1. The van der Waals surface area contributed by atoms with Crippen molar-refractivity contribution in [1.82, 2.24) is 0 Å². The van der Waals surface area contributed by atoms with Crippen LogP contribution >= 0.6 is 0 Å². The van der Waals surface area contributed by atoms with E-state index in [9.17, 15) is 23.3 Å². The van der Waals surface area contributed by atoms with Crippen molar-refractivity contribution in [2.24, 2.45) is 0 Å². The van der Waals surface area contributed by atoms with E-state index in [0.717, 1.165) is 44.2 Å². The third kappa shape index (κ3) is 3.40. The lowest BCUT2D eigenvalue weighted by molar-refractivity contribution is -0.388. The lowest BCUT2D eigenvalue weighted by Gasteiger charge is -2.24. The predicted octanol–water partition coefficient (Wildman–Crippen LogP) is 4.36. The molecule has 1 aliphatic rings. The standard InChI is InChI=1S/C13H15F3N2O2/c14-13(15,16)11-8-10(6-7-12(11)18(19)20)17-9-4-2-1-3-5-9/h6-9,17H,1-5H2. The van der Waals surface area contributed by atoms with Crippen LogP contribution in [-0.4, -0.2) is 11.0 Å². The molecule has 0 atom stereocenters. The minimum absolute atomic E-state index is 0.145. The molecule has 0 radical (unpaired) electrons. The first-order chi connectivity index (χ1) is 9.38. The van der Waals surface area contributed by atoms with E-state index in [1.807, 2.05) is 0 Å². The Kier molecular flexibility index (Phi) is 4.15. The average molecular weight is 288 g/mol. The maximum absolute atomic E-state index is 12.8. The van der Waals surface area contributed by atoms with E-state index in [1.165, 1.54) is 6.07 Å². The van der Waals surface area contributed by atoms with Crippen molar-refractivity contribution in [3.8, 4) is 0 Å². The molecule has 0 saturated heterocycles. The molecule has 1 saturated carbocycles. The quantitative estimate of drug-likeness (QED) is 0.664. The van der Waals surface area contributed by atoms with Gasteiger partial charge in [0.15, 0.2) is 0 Å². The molecule has 0 aromatic heterocycles. The van der Waals surface area contributed by atoms with Crippen LogP contribution in [0.1, 0.15) is 37.7 Å². The van der Waals surface area contributed by atoms with Crippen molar-refractivity contribution in [2.75, 3.05) is 5.32 Å². The van der Waals surface area contributed by atoms with Crippen molar-refractivity contribution in [3.63, 3.8) is 0 Å². The molecule has 7 heteroatoms. The third-order valence-electron chi connectivity index (χ3n) is 3.47. The molecule has 1 aromatic carbocycles. The Bertz CT molecular complexity index is 497. The molecule has 1 fully saturated rings. The van der Waals surface area contributed by atoms with Gasteiger partial charge in [0.05, 0.1) is 4.92 Å². The van der Waals surface area contributed by atoms with Gasteiger partial charge in [-0.3, -0.25) is 10.1 Å². The molecule has 0 spiro atoms. The summed E-state index contributed by atoms with van der Waals surface area (Å²) in [7, 11) is 0. The molecule has 0 unspecified atom stereocenters. The third-order valence-corrected chi connectivity index (χ3v) is 3.47. The van der Waals surface area contributed by atoms with Crippen molar-refractivity contribution in [1.29, 1.82) is 0 Å².